The van der Waals surface area contributed by atoms with Gasteiger partial charge in [0.05, 0.1) is 13.2 Å². The van der Waals surface area contributed by atoms with Gasteiger partial charge in [-0.25, -0.2) is 8.42 Å². The lowest BCUT2D eigenvalue weighted by atomic mass is 10.1. The maximum Gasteiger partial charge on any atom is 0.246 e. The van der Waals surface area contributed by atoms with Crippen LogP contribution in [0.2, 0.25) is 0 Å². The van der Waals surface area contributed by atoms with Crippen LogP contribution in [-0.4, -0.2) is 73.8 Å². The van der Waals surface area contributed by atoms with E-state index < -0.39 is 10.0 Å². The average Bonchev–Trinajstić information content (AvgIpc) is 3.12. The van der Waals surface area contributed by atoms with Gasteiger partial charge in [0.15, 0.2) is 5.76 Å². The SMILES string of the molecule is Cc1oc(-c2ccn[nH]2)cc1S(=O)(=O)N1C[C@@H]2COC[C@H](C1)N(C)C2. The van der Waals surface area contributed by atoms with Gasteiger partial charge in [-0.1, -0.05) is 0 Å². The summed E-state index contributed by atoms with van der Waals surface area (Å²) in [5, 5.41) is 6.68. The summed E-state index contributed by atoms with van der Waals surface area (Å²) in [7, 11) is -1.60. The van der Waals surface area contributed by atoms with Crippen LogP contribution in [0.15, 0.2) is 27.6 Å². The second kappa shape index (κ2) is 6.24. The quantitative estimate of drug-likeness (QED) is 0.869. The number of H-pyrrole nitrogens is 1. The van der Waals surface area contributed by atoms with Crippen LogP contribution in [-0.2, 0) is 14.8 Å². The van der Waals surface area contributed by atoms with Crippen LogP contribution in [0, 0.1) is 12.8 Å². The second-order valence-electron chi connectivity index (χ2n) is 6.82. The Hall–Kier alpha value is -1.68. The van der Waals surface area contributed by atoms with Crippen LogP contribution in [0.5, 0.6) is 0 Å². The highest BCUT2D eigenvalue weighted by Crippen LogP contribution is 2.31. The van der Waals surface area contributed by atoms with E-state index in [9.17, 15) is 8.42 Å². The monoisotopic (exact) mass is 366 g/mol. The molecular weight excluding hydrogens is 344 g/mol. The van der Waals surface area contributed by atoms with Gasteiger partial charge >= 0.3 is 0 Å². The topological polar surface area (TPSA) is 91.7 Å². The number of nitrogens with one attached hydrogen (secondary N) is 1. The molecule has 0 radical (unpaired) electrons. The van der Waals surface area contributed by atoms with E-state index >= 15 is 0 Å². The molecule has 1 N–H and O–H groups in total. The van der Waals surface area contributed by atoms with Crippen molar-refractivity contribution in [2.24, 2.45) is 5.92 Å². The molecule has 0 aromatic carbocycles. The first kappa shape index (κ1) is 16.8. The van der Waals surface area contributed by atoms with Crippen molar-refractivity contribution in [2.75, 3.05) is 39.9 Å². The normalized spacial score (nSPS) is 25.8. The number of hydrogen-bond acceptors (Lipinski definition) is 6. The van der Waals surface area contributed by atoms with Gasteiger partial charge in [0, 0.05) is 43.9 Å². The molecular formula is C16H22N4O4S. The lowest BCUT2D eigenvalue weighted by molar-refractivity contribution is 0.0727. The van der Waals surface area contributed by atoms with Crippen molar-refractivity contribution >= 4 is 10.0 Å². The zero-order valence-electron chi connectivity index (χ0n) is 14.3. The van der Waals surface area contributed by atoms with Crippen LogP contribution in [0.3, 0.4) is 0 Å². The number of sulfonamides is 1. The number of hydrogen-bond donors (Lipinski definition) is 1. The van der Waals surface area contributed by atoms with Crippen LogP contribution >= 0.6 is 0 Å². The molecule has 25 heavy (non-hydrogen) atoms. The first-order valence-corrected chi connectivity index (χ1v) is 9.77. The zero-order chi connectivity index (χ0) is 17.6. The Balaban J connectivity index is 1.68. The van der Waals surface area contributed by atoms with Crippen LogP contribution < -0.4 is 0 Å². The summed E-state index contributed by atoms with van der Waals surface area (Å²) in [5.74, 6) is 1.04. The molecule has 0 amide bonds. The molecule has 2 aromatic rings. The molecule has 9 heteroatoms. The molecule has 4 heterocycles. The molecule has 2 aliphatic heterocycles. The van der Waals surface area contributed by atoms with Crippen LogP contribution in [0.4, 0.5) is 0 Å². The number of aromatic nitrogens is 2. The minimum Gasteiger partial charge on any atom is -0.458 e. The highest BCUT2D eigenvalue weighted by Gasteiger charge is 2.38. The Bertz CT molecular complexity index is 846. The van der Waals surface area contributed by atoms with Crippen molar-refractivity contribution in [3.63, 3.8) is 0 Å². The van der Waals surface area contributed by atoms with Gasteiger partial charge in [0.25, 0.3) is 0 Å². The van der Waals surface area contributed by atoms with E-state index in [-0.39, 0.29) is 16.9 Å². The summed E-state index contributed by atoms with van der Waals surface area (Å²) in [5.41, 5.74) is 0.658. The third-order valence-corrected chi connectivity index (χ3v) is 6.90. The van der Waals surface area contributed by atoms with Gasteiger partial charge < -0.3 is 9.15 Å². The third kappa shape index (κ3) is 3.01. The summed E-state index contributed by atoms with van der Waals surface area (Å²) in [6.45, 7) is 4.58. The number of aryl methyl sites for hydroxylation is 1. The van der Waals surface area contributed by atoms with Crippen molar-refractivity contribution in [1.29, 1.82) is 0 Å². The standard InChI is InChI=1S/C16H22N4O4S/c1-11-16(5-15(24-11)14-3-4-17-18-14)25(21,22)20-7-12-6-19(2)13(8-20)10-23-9-12/h3-5,12-13H,6-10H2,1-2H3,(H,17,18)/t12-,13+/m1/s1. The van der Waals surface area contributed by atoms with Gasteiger partial charge in [-0.05, 0) is 20.0 Å². The number of ether oxygens (including phenoxy) is 1. The number of aromatic amines is 1. The Labute approximate surface area is 146 Å². The van der Waals surface area contributed by atoms with E-state index in [2.05, 4.69) is 15.1 Å². The van der Waals surface area contributed by atoms with Crippen molar-refractivity contribution in [2.45, 2.75) is 17.9 Å². The fraction of sp³-hybridized carbons (Fsp3) is 0.562. The van der Waals surface area contributed by atoms with Crippen molar-refractivity contribution in [3.05, 3.63) is 24.1 Å². The number of nitrogens with zero attached hydrogens (tertiary/aromatic N) is 3. The van der Waals surface area contributed by atoms with Gasteiger partial charge in [0.1, 0.15) is 16.3 Å². The second-order valence-corrected chi connectivity index (χ2v) is 8.73. The average molecular weight is 366 g/mol. The molecule has 0 saturated carbocycles. The number of rotatable bonds is 3. The Morgan fingerprint density at radius 2 is 2.12 bits per heavy atom. The van der Waals surface area contributed by atoms with E-state index in [0.717, 1.165) is 6.54 Å². The maximum atomic E-state index is 13.3. The predicted molar refractivity (Wildman–Crippen MR) is 90.5 cm³/mol. The molecule has 2 saturated heterocycles. The Morgan fingerprint density at radius 3 is 2.88 bits per heavy atom. The molecule has 0 aliphatic carbocycles. The molecule has 4 rings (SSSR count). The smallest absolute Gasteiger partial charge is 0.246 e. The lowest BCUT2D eigenvalue weighted by Gasteiger charge is -2.28. The molecule has 2 atom stereocenters. The lowest BCUT2D eigenvalue weighted by Crippen LogP contribution is -2.44. The van der Waals surface area contributed by atoms with E-state index in [1.807, 2.05) is 7.05 Å². The Morgan fingerprint density at radius 1 is 1.28 bits per heavy atom. The molecule has 2 bridgehead atoms. The molecule has 0 unspecified atom stereocenters. The van der Waals surface area contributed by atoms with E-state index in [4.69, 9.17) is 9.15 Å². The highest BCUT2D eigenvalue weighted by molar-refractivity contribution is 7.89. The van der Waals surface area contributed by atoms with Crippen LogP contribution in [0.25, 0.3) is 11.5 Å². The van der Waals surface area contributed by atoms with E-state index in [0.29, 0.717) is 43.5 Å². The molecule has 2 aromatic heterocycles. The molecule has 2 fully saturated rings. The predicted octanol–water partition coefficient (Wildman–Crippen LogP) is 0.929. The number of furan rings is 1. The molecule has 8 nitrogen and oxygen atoms in total. The summed E-state index contributed by atoms with van der Waals surface area (Å²) in [6, 6.07) is 3.40. The first-order valence-electron chi connectivity index (χ1n) is 8.33. The number of likely N-dealkylation sites (N-methyl/N-ethyl adjacent to an activating group) is 1. The largest absolute Gasteiger partial charge is 0.458 e. The zero-order valence-corrected chi connectivity index (χ0v) is 15.1. The van der Waals surface area contributed by atoms with E-state index in [1.165, 1.54) is 0 Å². The fourth-order valence-corrected chi connectivity index (χ4v) is 5.30. The minimum absolute atomic E-state index is 0.0709. The highest BCUT2D eigenvalue weighted by atomic mass is 32.2. The molecule has 136 valence electrons. The van der Waals surface area contributed by atoms with Gasteiger partial charge in [-0.15, -0.1) is 0 Å². The van der Waals surface area contributed by atoms with Crippen molar-refractivity contribution < 1.29 is 17.6 Å². The summed E-state index contributed by atoms with van der Waals surface area (Å²) < 4.78 is 39.5. The van der Waals surface area contributed by atoms with Gasteiger partial charge in [-0.2, -0.15) is 9.40 Å². The van der Waals surface area contributed by atoms with Crippen molar-refractivity contribution in [3.8, 4) is 11.5 Å². The summed E-state index contributed by atoms with van der Waals surface area (Å²) in [6.07, 6.45) is 1.60. The third-order valence-electron chi connectivity index (χ3n) is 4.97. The van der Waals surface area contributed by atoms with Crippen LogP contribution in [0.1, 0.15) is 5.76 Å². The molecule has 0 spiro atoms. The first-order chi connectivity index (χ1) is 11.9. The van der Waals surface area contributed by atoms with E-state index in [1.54, 1.807) is 29.6 Å². The van der Waals surface area contributed by atoms with Gasteiger partial charge in [0.2, 0.25) is 10.0 Å². The summed E-state index contributed by atoms with van der Waals surface area (Å²) >= 11 is 0. The number of fused-ring (bicyclic) bond motifs is 3. The maximum absolute atomic E-state index is 13.3. The molecule has 2 aliphatic rings. The Kier molecular flexibility index (Phi) is 4.19. The summed E-state index contributed by atoms with van der Waals surface area (Å²) in [4.78, 5) is 2.42. The fourth-order valence-electron chi connectivity index (χ4n) is 3.59. The van der Waals surface area contributed by atoms with Gasteiger partial charge in [-0.3, -0.25) is 10.00 Å². The minimum atomic E-state index is -3.63. The van der Waals surface area contributed by atoms with Crippen molar-refractivity contribution in [1.82, 2.24) is 19.4 Å².